The van der Waals surface area contributed by atoms with Gasteiger partial charge in [0, 0.05) is 11.4 Å². The predicted molar refractivity (Wildman–Crippen MR) is 60.8 cm³/mol. The fourth-order valence-electron chi connectivity index (χ4n) is 1.66. The molecule has 0 aromatic heterocycles. The van der Waals surface area contributed by atoms with Crippen molar-refractivity contribution in [1.29, 1.82) is 0 Å². The lowest BCUT2D eigenvalue weighted by atomic mass is 9.81. The summed E-state index contributed by atoms with van der Waals surface area (Å²) in [6.45, 7) is 3.44. The van der Waals surface area contributed by atoms with Gasteiger partial charge in [-0.25, -0.2) is 8.78 Å². The first-order valence-corrected chi connectivity index (χ1v) is 5.50. The van der Waals surface area contributed by atoms with Crippen molar-refractivity contribution >= 4 is 11.6 Å². The summed E-state index contributed by atoms with van der Waals surface area (Å²) in [5.74, 6) is -0.289. The molecule has 1 N–H and O–H groups in total. The average Bonchev–Trinajstić information content (AvgIpc) is 2.17. The molecule has 4 heteroatoms. The van der Waals surface area contributed by atoms with Crippen LogP contribution in [0.15, 0.2) is 24.3 Å². The van der Waals surface area contributed by atoms with Crippen LogP contribution in [0.5, 0.6) is 0 Å². The molecule has 0 aliphatic rings. The van der Waals surface area contributed by atoms with E-state index in [0.717, 1.165) is 0 Å². The van der Waals surface area contributed by atoms with Gasteiger partial charge in [-0.3, -0.25) is 0 Å². The first-order chi connectivity index (χ1) is 7.36. The molecule has 0 fully saturated rings. The summed E-state index contributed by atoms with van der Waals surface area (Å²) in [5, 5.41) is 10.8. The topological polar surface area (TPSA) is 20.2 Å². The number of benzene rings is 1. The Morgan fingerprint density at radius 1 is 1.25 bits per heavy atom. The van der Waals surface area contributed by atoms with Crippen molar-refractivity contribution in [3.8, 4) is 0 Å². The Balaban J connectivity index is 3.06. The standard InChI is InChI=1S/C12H15ClF2O/c1-8(2)12(16,7-11(14)15)9-3-5-10(13)6-4-9/h3-6,8,11,16H,7H2,1-2H3. The number of rotatable bonds is 4. The Bertz CT molecular complexity index is 337. The van der Waals surface area contributed by atoms with Gasteiger partial charge >= 0.3 is 0 Å². The third-order valence-corrected chi connectivity index (χ3v) is 3.02. The minimum atomic E-state index is -2.54. The zero-order valence-electron chi connectivity index (χ0n) is 9.25. The number of hydrogen-bond donors (Lipinski definition) is 1. The highest BCUT2D eigenvalue weighted by molar-refractivity contribution is 6.30. The molecular weight excluding hydrogens is 234 g/mol. The molecule has 0 spiro atoms. The van der Waals surface area contributed by atoms with Crippen LogP contribution in [-0.2, 0) is 5.60 Å². The van der Waals surface area contributed by atoms with Gasteiger partial charge in [0.2, 0.25) is 6.43 Å². The van der Waals surface area contributed by atoms with Gasteiger partial charge in [-0.1, -0.05) is 37.6 Å². The zero-order valence-corrected chi connectivity index (χ0v) is 10.0. The lowest BCUT2D eigenvalue weighted by molar-refractivity contribution is -0.0605. The molecule has 0 saturated carbocycles. The molecule has 1 atom stereocenters. The largest absolute Gasteiger partial charge is 0.385 e. The van der Waals surface area contributed by atoms with Crippen LogP contribution in [0, 0.1) is 5.92 Å². The van der Waals surface area contributed by atoms with Gasteiger partial charge in [0.25, 0.3) is 0 Å². The van der Waals surface area contributed by atoms with Crippen LogP contribution in [0.25, 0.3) is 0 Å². The molecule has 1 nitrogen and oxygen atoms in total. The number of hydrogen-bond acceptors (Lipinski definition) is 1. The van der Waals surface area contributed by atoms with Crippen LogP contribution in [-0.4, -0.2) is 11.5 Å². The fraction of sp³-hybridized carbons (Fsp3) is 0.500. The molecule has 0 amide bonds. The van der Waals surface area contributed by atoms with Gasteiger partial charge in [-0.2, -0.15) is 0 Å². The van der Waals surface area contributed by atoms with Crippen molar-refractivity contribution in [3.05, 3.63) is 34.9 Å². The molecule has 1 aromatic carbocycles. The summed E-state index contributed by atoms with van der Waals surface area (Å²) in [6.07, 6.45) is -3.10. The maximum atomic E-state index is 12.5. The van der Waals surface area contributed by atoms with E-state index in [4.69, 9.17) is 11.6 Å². The summed E-state index contributed by atoms with van der Waals surface area (Å²) < 4.78 is 24.9. The average molecular weight is 249 g/mol. The van der Waals surface area contributed by atoms with Crippen molar-refractivity contribution in [2.24, 2.45) is 5.92 Å². The number of alkyl halides is 2. The first-order valence-electron chi connectivity index (χ1n) is 5.13. The van der Waals surface area contributed by atoms with E-state index in [1.165, 1.54) is 0 Å². The molecule has 0 aliphatic heterocycles. The maximum absolute atomic E-state index is 12.5. The molecule has 0 radical (unpaired) electrons. The first kappa shape index (κ1) is 13.4. The van der Waals surface area contributed by atoms with E-state index in [-0.39, 0.29) is 5.92 Å². The highest BCUT2D eigenvalue weighted by Crippen LogP contribution is 2.35. The van der Waals surface area contributed by atoms with Crippen LogP contribution in [0.2, 0.25) is 5.02 Å². The molecular formula is C12H15ClF2O. The third kappa shape index (κ3) is 2.92. The molecule has 1 unspecified atom stereocenters. The van der Waals surface area contributed by atoms with E-state index in [1.807, 2.05) is 0 Å². The van der Waals surface area contributed by atoms with E-state index in [9.17, 15) is 13.9 Å². The molecule has 16 heavy (non-hydrogen) atoms. The van der Waals surface area contributed by atoms with E-state index in [0.29, 0.717) is 10.6 Å². The van der Waals surface area contributed by atoms with Gasteiger partial charge in [-0.15, -0.1) is 0 Å². The highest BCUT2D eigenvalue weighted by atomic mass is 35.5. The van der Waals surface area contributed by atoms with Crippen molar-refractivity contribution in [2.45, 2.75) is 32.3 Å². The van der Waals surface area contributed by atoms with Gasteiger partial charge in [0.1, 0.15) is 0 Å². The summed E-state index contributed by atoms with van der Waals surface area (Å²) in [6, 6.07) is 6.36. The van der Waals surface area contributed by atoms with Crippen molar-refractivity contribution in [3.63, 3.8) is 0 Å². The quantitative estimate of drug-likeness (QED) is 0.858. The molecule has 1 rings (SSSR count). The summed E-state index contributed by atoms with van der Waals surface area (Å²) in [7, 11) is 0. The van der Waals surface area contributed by atoms with Crippen LogP contribution in [0.4, 0.5) is 8.78 Å². The zero-order chi connectivity index (χ0) is 12.3. The Hall–Kier alpha value is -0.670. The Kier molecular flexibility index (Phi) is 4.28. The maximum Gasteiger partial charge on any atom is 0.241 e. The molecule has 1 aromatic rings. The number of halogens is 3. The summed E-state index contributed by atoms with van der Waals surface area (Å²) in [4.78, 5) is 0. The van der Waals surface area contributed by atoms with Crippen LogP contribution < -0.4 is 0 Å². The Labute approximate surface area is 99.0 Å². The Morgan fingerprint density at radius 3 is 2.12 bits per heavy atom. The van der Waals surface area contributed by atoms with Crippen molar-refractivity contribution in [1.82, 2.24) is 0 Å². The van der Waals surface area contributed by atoms with E-state index >= 15 is 0 Å². The fourth-order valence-corrected chi connectivity index (χ4v) is 1.79. The third-order valence-electron chi connectivity index (χ3n) is 2.76. The minimum absolute atomic E-state index is 0.289. The smallest absolute Gasteiger partial charge is 0.241 e. The monoisotopic (exact) mass is 248 g/mol. The van der Waals surface area contributed by atoms with Crippen molar-refractivity contribution < 1.29 is 13.9 Å². The molecule has 0 bridgehead atoms. The highest BCUT2D eigenvalue weighted by Gasteiger charge is 2.36. The second-order valence-corrected chi connectivity index (χ2v) is 4.62. The van der Waals surface area contributed by atoms with Crippen LogP contribution in [0.1, 0.15) is 25.8 Å². The van der Waals surface area contributed by atoms with Gasteiger partial charge < -0.3 is 5.11 Å². The lowest BCUT2D eigenvalue weighted by Gasteiger charge is -2.32. The summed E-state index contributed by atoms with van der Waals surface area (Å²) in [5.41, 5.74) is -1.02. The number of aliphatic hydroxyl groups is 1. The van der Waals surface area contributed by atoms with Crippen molar-refractivity contribution in [2.75, 3.05) is 0 Å². The predicted octanol–water partition coefficient (Wildman–Crippen LogP) is 3.84. The van der Waals surface area contributed by atoms with Crippen LogP contribution in [0.3, 0.4) is 0 Å². The van der Waals surface area contributed by atoms with Gasteiger partial charge in [-0.05, 0) is 23.6 Å². The second-order valence-electron chi connectivity index (χ2n) is 4.18. The normalized spacial score (nSPS) is 15.5. The summed E-state index contributed by atoms with van der Waals surface area (Å²) >= 11 is 5.72. The molecule has 0 heterocycles. The van der Waals surface area contributed by atoms with Crippen LogP contribution >= 0.6 is 11.6 Å². The molecule has 0 saturated heterocycles. The van der Waals surface area contributed by atoms with Gasteiger partial charge in [0.15, 0.2) is 0 Å². The van der Waals surface area contributed by atoms with E-state index < -0.39 is 18.4 Å². The van der Waals surface area contributed by atoms with E-state index in [2.05, 4.69) is 0 Å². The minimum Gasteiger partial charge on any atom is -0.385 e. The molecule has 0 aliphatic carbocycles. The lowest BCUT2D eigenvalue weighted by Crippen LogP contribution is -2.34. The van der Waals surface area contributed by atoms with Gasteiger partial charge in [0.05, 0.1) is 5.60 Å². The SMILES string of the molecule is CC(C)C(O)(CC(F)F)c1ccc(Cl)cc1. The second kappa shape index (κ2) is 5.11. The Morgan fingerprint density at radius 2 is 1.75 bits per heavy atom. The molecule has 90 valence electrons. The van der Waals surface area contributed by atoms with E-state index in [1.54, 1.807) is 38.1 Å².